The van der Waals surface area contributed by atoms with Crippen molar-refractivity contribution in [1.82, 2.24) is 5.43 Å². The maximum Gasteiger partial charge on any atom is 0.339 e. The third kappa shape index (κ3) is 4.25. The van der Waals surface area contributed by atoms with Crippen LogP contribution in [-0.4, -0.2) is 24.8 Å². The van der Waals surface area contributed by atoms with E-state index in [0.717, 1.165) is 17.7 Å². The zero-order chi connectivity index (χ0) is 19.6. The van der Waals surface area contributed by atoms with Crippen molar-refractivity contribution < 1.29 is 4.79 Å². The van der Waals surface area contributed by atoms with Gasteiger partial charge in [0.25, 0.3) is 0 Å². The number of amides is 2. The van der Waals surface area contributed by atoms with Crippen LogP contribution in [0.3, 0.4) is 0 Å². The fourth-order valence-electron chi connectivity index (χ4n) is 3.54. The summed E-state index contributed by atoms with van der Waals surface area (Å²) < 4.78 is 0. The molecule has 2 aromatic rings. The second-order valence-electron chi connectivity index (χ2n) is 7.60. The molecule has 5 nitrogen and oxygen atoms in total. The van der Waals surface area contributed by atoms with Crippen molar-refractivity contribution in [1.29, 1.82) is 0 Å². The van der Waals surface area contributed by atoms with Crippen molar-refractivity contribution >= 4 is 35.2 Å². The first-order valence-corrected chi connectivity index (χ1v) is 9.38. The van der Waals surface area contributed by atoms with E-state index < -0.39 is 6.03 Å². The van der Waals surface area contributed by atoms with Crippen LogP contribution in [-0.2, 0) is 0 Å². The second kappa shape index (κ2) is 7.61. The maximum atomic E-state index is 11.9. The predicted molar refractivity (Wildman–Crippen MR) is 113 cm³/mol. The maximum absolute atomic E-state index is 11.9. The van der Waals surface area contributed by atoms with Gasteiger partial charge in [0.1, 0.15) is 0 Å². The Morgan fingerprint density at radius 3 is 2.70 bits per heavy atom. The molecule has 0 bridgehead atoms. The van der Waals surface area contributed by atoms with E-state index in [1.54, 1.807) is 6.21 Å². The molecular formula is C21H25ClN4O. The van der Waals surface area contributed by atoms with E-state index in [1.165, 1.54) is 5.56 Å². The molecule has 1 atom stereocenters. The number of nitrogens with one attached hydrogen (secondary N) is 2. The fourth-order valence-corrected chi connectivity index (χ4v) is 3.75. The lowest BCUT2D eigenvalue weighted by Crippen LogP contribution is -2.45. The number of nitrogens with zero attached hydrogens (tertiary/aromatic N) is 2. The van der Waals surface area contributed by atoms with Gasteiger partial charge in [0.05, 0.1) is 11.2 Å². The van der Waals surface area contributed by atoms with E-state index in [1.807, 2.05) is 36.4 Å². The number of hydrogen-bond donors (Lipinski definition) is 2. The van der Waals surface area contributed by atoms with E-state index in [4.69, 9.17) is 11.6 Å². The Labute approximate surface area is 165 Å². The van der Waals surface area contributed by atoms with Crippen molar-refractivity contribution in [3.63, 3.8) is 0 Å². The molecule has 27 heavy (non-hydrogen) atoms. The largest absolute Gasteiger partial charge is 0.369 e. The Hall–Kier alpha value is -2.53. The first-order chi connectivity index (χ1) is 12.8. The van der Waals surface area contributed by atoms with Crippen LogP contribution >= 0.6 is 11.6 Å². The smallest absolute Gasteiger partial charge is 0.339 e. The van der Waals surface area contributed by atoms with E-state index in [2.05, 4.69) is 54.6 Å². The number of anilines is 2. The first kappa shape index (κ1) is 19.2. The van der Waals surface area contributed by atoms with Crippen LogP contribution in [0.1, 0.15) is 44.2 Å². The Kier molecular flexibility index (Phi) is 5.42. The van der Waals surface area contributed by atoms with E-state index in [-0.39, 0.29) is 5.54 Å². The molecule has 6 heteroatoms. The Morgan fingerprint density at radius 1 is 1.30 bits per heavy atom. The molecule has 0 spiro atoms. The zero-order valence-electron chi connectivity index (χ0n) is 16.1. The number of hydrazone groups is 1. The quantitative estimate of drug-likeness (QED) is 0.563. The summed E-state index contributed by atoms with van der Waals surface area (Å²) in [7, 11) is 2.10. The molecule has 1 aliphatic heterocycles. The van der Waals surface area contributed by atoms with Gasteiger partial charge in [0.15, 0.2) is 0 Å². The molecule has 2 aromatic carbocycles. The summed E-state index contributed by atoms with van der Waals surface area (Å²) in [6.45, 7) is 6.71. The van der Waals surface area contributed by atoms with Gasteiger partial charge in [0.2, 0.25) is 0 Å². The molecule has 0 aromatic heterocycles. The van der Waals surface area contributed by atoms with Gasteiger partial charge in [-0.3, -0.25) is 0 Å². The molecule has 0 fully saturated rings. The van der Waals surface area contributed by atoms with Crippen LogP contribution < -0.4 is 15.6 Å². The lowest BCUT2D eigenvalue weighted by Gasteiger charge is -2.45. The molecule has 1 unspecified atom stereocenters. The number of fused-ring (bicyclic) bond motifs is 1. The van der Waals surface area contributed by atoms with Crippen LogP contribution in [0.4, 0.5) is 16.2 Å². The molecule has 0 radical (unpaired) electrons. The summed E-state index contributed by atoms with van der Waals surface area (Å²) in [5.41, 5.74) is 6.44. The molecule has 0 aliphatic carbocycles. The molecule has 1 aliphatic rings. The van der Waals surface area contributed by atoms with Gasteiger partial charge < -0.3 is 10.2 Å². The lowest BCUT2D eigenvalue weighted by molar-refractivity contribution is 0.252. The first-order valence-electron chi connectivity index (χ1n) is 9.00. The third-order valence-corrected chi connectivity index (χ3v) is 5.48. The average molecular weight is 385 g/mol. The van der Waals surface area contributed by atoms with Gasteiger partial charge in [-0.2, -0.15) is 5.10 Å². The summed E-state index contributed by atoms with van der Waals surface area (Å²) in [4.78, 5) is 14.2. The Bertz CT molecular complexity index is 864. The standard InChI is InChI=1S/C21H25ClN4O/c1-14-12-21(2,3)26(4)19-11-18(22)15(10-17(14)19)13-23-25-20(27)24-16-8-6-5-7-9-16/h5-11,13-14H,12H2,1-4H3,(H2,24,25,27)/b23-13-. The number of carbonyl (C=O) groups is 1. The van der Waals surface area contributed by atoms with Crippen LogP contribution in [0.25, 0.3) is 0 Å². The molecule has 2 amide bonds. The summed E-state index contributed by atoms with van der Waals surface area (Å²) in [6.07, 6.45) is 2.64. The highest BCUT2D eigenvalue weighted by molar-refractivity contribution is 6.33. The fraction of sp³-hybridized carbons (Fsp3) is 0.333. The van der Waals surface area contributed by atoms with Crippen molar-refractivity contribution in [2.45, 2.75) is 38.6 Å². The van der Waals surface area contributed by atoms with Crippen molar-refractivity contribution in [3.05, 3.63) is 58.6 Å². The number of para-hydroxylation sites is 1. The van der Waals surface area contributed by atoms with E-state index >= 15 is 0 Å². The zero-order valence-corrected chi connectivity index (χ0v) is 16.8. The van der Waals surface area contributed by atoms with E-state index in [0.29, 0.717) is 16.6 Å². The molecule has 1 heterocycles. The van der Waals surface area contributed by atoms with Crippen LogP contribution in [0.2, 0.25) is 5.02 Å². The van der Waals surface area contributed by atoms with Crippen molar-refractivity contribution in [2.75, 3.05) is 17.3 Å². The Morgan fingerprint density at radius 2 is 2.00 bits per heavy atom. The lowest BCUT2D eigenvalue weighted by atomic mass is 9.80. The monoisotopic (exact) mass is 384 g/mol. The van der Waals surface area contributed by atoms with Gasteiger partial charge in [-0.25, -0.2) is 10.2 Å². The molecule has 3 rings (SSSR count). The van der Waals surface area contributed by atoms with Crippen LogP contribution in [0.5, 0.6) is 0 Å². The molecule has 142 valence electrons. The summed E-state index contributed by atoms with van der Waals surface area (Å²) in [5, 5.41) is 7.36. The molecule has 0 saturated heterocycles. The highest BCUT2D eigenvalue weighted by Crippen LogP contribution is 2.44. The van der Waals surface area contributed by atoms with Crippen molar-refractivity contribution in [3.8, 4) is 0 Å². The van der Waals surface area contributed by atoms with E-state index in [9.17, 15) is 4.79 Å². The van der Waals surface area contributed by atoms with Gasteiger partial charge in [-0.15, -0.1) is 0 Å². The molecule has 0 saturated carbocycles. The third-order valence-electron chi connectivity index (χ3n) is 5.15. The summed E-state index contributed by atoms with van der Waals surface area (Å²) >= 11 is 6.47. The normalized spacial score (nSPS) is 18.3. The molecular weight excluding hydrogens is 360 g/mol. The second-order valence-corrected chi connectivity index (χ2v) is 8.01. The summed E-state index contributed by atoms with van der Waals surface area (Å²) in [5.74, 6) is 0.421. The number of urea groups is 1. The highest BCUT2D eigenvalue weighted by Gasteiger charge is 2.34. The molecule has 2 N–H and O–H groups in total. The van der Waals surface area contributed by atoms with Gasteiger partial charge in [-0.05, 0) is 56.0 Å². The minimum absolute atomic E-state index is 0.0857. The topological polar surface area (TPSA) is 56.7 Å². The van der Waals surface area contributed by atoms with Crippen LogP contribution in [0.15, 0.2) is 47.6 Å². The number of hydrogen-bond acceptors (Lipinski definition) is 3. The number of rotatable bonds is 3. The van der Waals surface area contributed by atoms with Crippen molar-refractivity contribution in [2.24, 2.45) is 5.10 Å². The van der Waals surface area contributed by atoms with Gasteiger partial charge in [0, 0.05) is 29.5 Å². The minimum Gasteiger partial charge on any atom is -0.369 e. The predicted octanol–water partition coefficient (Wildman–Crippen LogP) is 5.22. The van der Waals surface area contributed by atoms with Gasteiger partial charge in [-0.1, -0.05) is 36.7 Å². The van der Waals surface area contributed by atoms with Crippen LogP contribution in [0, 0.1) is 0 Å². The summed E-state index contributed by atoms with van der Waals surface area (Å²) in [6, 6.07) is 12.9. The number of benzene rings is 2. The Balaban J connectivity index is 1.73. The SMILES string of the molecule is CC1CC(C)(C)N(C)c2cc(Cl)c(/C=N\NC(=O)Nc3ccccc3)cc21. The number of carbonyl (C=O) groups excluding carboxylic acids is 1. The minimum atomic E-state index is -0.401. The van der Waals surface area contributed by atoms with Gasteiger partial charge >= 0.3 is 6.03 Å². The number of halogens is 1. The average Bonchev–Trinajstić information content (AvgIpc) is 2.61. The highest BCUT2D eigenvalue weighted by atomic mass is 35.5.